The first-order valence-electron chi connectivity index (χ1n) is 14.1. The molecule has 0 amide bonds. The lowest BCUT2D eigenvalue weighted by molar-refractivity contribution is -0.384. The van der Waals surface area contributed by atoms with E-state index in [4.69, 9.17) is 19.6 Å². The second-order valence-corrected chi connectivity index (χ2v) is 15.5. The standard InChI is InChI=1S/C34H50O4/c1-27(2,3)31(11,12)26(29(7,8)24-20-16-14-17-21-24)33(30(9,10)25-22-18-15-19-23-25)32(13,28(4,5)6)34(36-35-33)37-38-34/h14-23,26H,1-13H3. The molecule has 0 aromatic heterocycles. The highest BCUT2D eigenvalue weighted by atomic mass is 17.5. The van der Waals surface area contributed by atoms with E-state index >= 15 is 0 Å². The van der Waals surface area contributed by atoms with Crippen LogP contribution in [0.1, 0.15) is 101 Å². The molecular formula is C34H50O4. The zero-order chi connectivity index (χ0) is 28.6. The fourth-order valence-corrected chi connectivity index (χ4v) is 7.65. The monoisotopic (exact) mass is 522 g/mol. The zero-order valence-electron chi connectivity index (χ0n) is 26.0. The van der Waals surface area contributed by atoms with Gasteiger partial charge in [0.2, 0.25) is 0 Å². The molecule has 2 fully saturated rings. The van der Waals surface area contributed by atoms with Gasteiger partial charge in [-0.05, 0) is 39.7 Å². The van der Waals surface area contributed by atoms with Crippen LogP contribution in [0.2, 0.25) is 0 Å². The van der Waals surface area contributed by atoms with Crippen molar-refractivity contribution in [1.29, 1.82) is 0 Å². The van der Waals surface area contributed by atoms with Crippen LogP contribution in [0.25, 0.3) is 0 Å². The lowest BCUT2D eigenvalue weighted by Gasteiger charge is -2.66. The maximum absolute atomic E-state index is 6.98. The fourth-order valence-electron chi connectivity index (χ4n) is 7.65. The number of hydrogen-bond acceptors (Lipinski definition) is 4. The molecular weight excluding hydrogens is 472 g/mol. The zero-order valence-corrected chi connectivity index (χ0v) is 26.0. The Bertz CT molecular complexity index is 1130. The minimum Gasteiger partial charge on any atom is -0.222 e. The molecule has 2 saturated heterocycles. The Kier molecular flexibility index (Phi) is 6.65. The van der Waals surface area contributed by atoms with Crippen molar-refractivity contribution >= 4 is 0 Å². The number of rotatable bonds is 6. The van der Waals surface area contributed by atoms with Crippen molar-refractivity contribution in [3.8, 4) is 0 Å². The third kappa shape index (κ3) is 3.70. The van der Waals surface area contributed by atoms with E-state index in [9.17, 15) is 0 Å². The molecule has 3 atom stereocenters. The predicted molar refractivity (Wildman–Crippen MR) is 153 cm³/mol. The Hall–Kier alpha value is -1.72. The summed E-state index contributed by atoms with van der Waals surface area (Å²) in [5, 5.41) is 0. The molecule has 2 heterocycles. The van der Waals surface area contributed by atoms with Crippen LogP contribution in [-0.2, 0) is 30.4 Å². The van der Waals surface area contributed by atoms with Gasteiger partial charge in [-0.2, -0.15) is 14.7 Å². The SMILES string of the molecule is CC(C)(c1ccccc1)C(C(C)(C)C(C)(C)C)C1(C(C)(C)c2ccccc2)OOC2(OO2)C1(C)C(C)(C)C. The van der Waals surface area contributed by atoms with Gasteiger partial charge in [0, 0.05) is 11.3 Å². The topological polar surface area (TPSA) is 43.5 Å². The van der Waals surface area contributed by atoms with Gasteiger partial charge in [-0.15, -0.1) is 0 Å². The first kappa shape index (κ1) is 29.3. The van der Waals surface area contributed by atoms with Gasteiger partial charge in [-0.25, -0.2) is 4.89 Å². The van der Waals surface area contributed by atoms with Crippen LogP contribution in [0.5, 0.6) is 0 Å². The highest BCUT2D eigenvalue weighted by molar-refractivity contribution is 5.38. The smallest absolute Gasteiger partial charge is 0.222 e. The first-order chi connectivity index (χ1) is 17.2. The maximum Gasteiger partial charge on any atom is 0.374 e. The minimum absolute atomic E-state index is 0.0588. The fraction of sp³-hybridized carbons (Fsp3) is 0.647. The molecule has 2 aromatic carbocycles. The lowest BCUT2D eigenvalue weighted by Crippen LogP contribution is -2.73. The molecule has 0 bridgehead atoms. The van der Waals surface area contributed by atoms with Crippen molar-refractivity contribution in [2.75, 3.05) is 0 Å². The summed E-state index contributed by atoms with van der Waals surface area (Å²) in [7, 11) is 0. The molecule has 4 heteroatoms. The third-order valence-electron chi connectivity index (χ3n) is 11.1. The average Bonchev–Trinajstić information content (AvgIpc) is 3.56. The third-order valence-corrected chi connectivity index (χ3v) is 11.1. The van der Waals surface area contributed by atoms with E-state index in [1.165, 1.54) is 11.1 Å². The molecule has 0 saturated carbocycles. The van der Waals surface area contributed by atoms with Crippen LogP contribution < -0.4 is 0 Å². The van der Waals surface area contributed by atoms with Crippen molar-refractivity contribution < 1.29 is 19.6 Å². The molecule has 0 N–H and O–H groups in total. The van der Waals surface area contributed by atoms with Crippen LogP contribution >= 0.6 is 0 Å². The van der Waals surface area contributed by atoms with E-state index in [0.29, 0.717) is 0 Å². The number of hydrogen-bond donors (Lipinski definition) is 0. The van der Waals surface area contributed by atoms with Gasteiger partial charge in [0.25, 0.3) is 0 Å². The van der Waals surface area contributed by atoms with Crippen molar-refractivity contribution in [1.82, 2.24) is 0 Å². The molecule has 210 valence electrons. The summed E-state index contributed by atoms with van der Waals surface area (Å²) in [5.41, 5.74) is -0.654. The highest BCUT2D eigenvalue weighted by Crippen LogP contribution is 2.76. The van der Waals surface area contributed by atoms with Gasteiger partial charge in [0.05, 0.1) is 5.41 Å². The second-order valence-electron chi connectivity index (χ2n) is 15.5. The molecule has 0 aliphatic carbocycles. The van der Waals surface area contributed by atoms with E-state index < -0.39 is 22.4 Å². The Labute approximate surface area is 231 Å². The van der Waals surface area contributed by atoms with Crippen LogP contribution in [0, 0.1) is 27.6 Å². The minimum atomic E-state index is -1.28. The van der Waals surface area contributed by atoms with Gasteiger partial charge in [-0.3, -0.25) is 0 Å². The molecule has 2 aliphatic rings. The molecule has 2 aromatic rings. The van der Waals surface area contributed by atoms with Gasteiger partial charge in [0.1, 0.15) is 5.60 Å². The summed E-state index contributed by atoms with van der Waals surface area (Å²) >= 11 is 0. The molecule has 1 spiro atoms. The van der Waals surface area contributed by atoms with Gasteiger partial charge < -0.3 is 0 Å². The van der Waals surface area contributed by atoms with E-state index in [0.717, 1.165) is 0 Å². The van der Waals surface area contributed by atoms with Crippen LogP contribution in [-0.4, -0.2) is 11.6 Å². The Morgan fingerprint density at radius 2 is 1.00 bits per heavy atom. The second kappa shape index (κ2) is 8.64. The maximum atomic E-state index is 6.98. The normalized spacial score (nSPS) is 27.0. The van der Waals surface area contributed by atoms with Gasteiger partial charge in [-0.1, -0.05) is 144 Å². The molecule has 4 nitrogen and oxygen atoms in total. The molecule has 4 rings (SSSR count). The van der Waals surface area contributed by atoms with Crippen molar-refractivity contribution in [3.63, 3.8) is 0 Å². The van der Waals surface area contributed by atoms with E-state index in [2.05, 4.69) is 151 Å². The van der Waals surface area contributed by atoms with Crippen LogP contribution in [0.4, 0.5) is 0 Å². The quantitative estimate of drug-likeness (QED) is 0.280. The summed E-state index contributed by atoms with van der Waals surface area (Å²) in [5.74, 6) is -1.34. The first-order valence-corrected chi connectivity index (χ1v) is 14.1. The Morgan fingerprint density at radius 3 is 1.39 bits per heavy atom. The van der Waals surface area contributed by atoms with E-state index in [-0.39, 0.29) is 27.6 Å². The summed E-state index contributed by atoms with van der Waals surface area (Å²) in [6.07, 6.45) is 0. The van der Waals surface area contributed by atoms with E-state index in [1.54, 1.807) is 0 Å². The lowest BCUT2D eigenvalue weighted by atomic mass is 9.37. The van der Waals surface area contributed by atoms with Crippen molar-refractivity contribution in [2.24, 2.45) is 27.6 Å². The summed E-state index contributed by atoms with van der Waals surface area (Å²) in [6, 6.07) is 21.6. The van der Waals surface area contributed by atoms with Crippen molar-refractivity contribution in [2.45, 2.75) is 112 Å². The van der Waals surface area contributed by atoms with Gasteiger partial charge in [0.15, 0.2) is 0 Å². The number of benzene rings is 2. The summed E-state index contributed by atoms with van der Waals surface area (Å²) < 4.78 is 0. The Balaban J connectivity index is 2.19. The molecule has 3 unspecified atom stereocenters. The summed E-state index contributed by atoms with van der Waals surface area (Å²) in [6.45, 7) is 30.2. The largest absolute Gasteiger partial charge is 0.374 e. The molecule has 2 aliphatic heterocycles. The molecule has 0 radical (unpaired) electrons. The average molecular weight is 523 g/mol. The van der Waals surface area contributed by atoms with Crippen LogP contribution in [0.15, 0.2) is 60.7 Å². The van der Waals surface area contributed by atoms with Gasteiger partial charge >= 0.3 is 5.97 Å². The Morgan fingerprint density at radius 1 is 0.579 bits per heavy atom. The van der Waals surface area contributed by atoms with Crippen LogP contribution in [0.3, 0.4) is 0 Å². The molecule has 38 heavy (non-hydrogen) atoms. The van der Waals surface area contributed by atoms with E-state index in [1.807, 2.05) is 0 Å². The highest BCUT2D eigenvalue weighted by Gasteiger charge is 2.88. The van der Waals surface area contributed by atoms with Crippen molar-refractivity contribution in [3.05, 3.63) is 71.8 Å². The predicted octanol–water partition coefficient (Wildman–Crippen LogP) is 9.00. The summed E-state index contributed by atoms with van der Waals surface area (Å²) in [4.78, 5) is 24.9.